The van der Waals surface area contributed by atoms with Gasteiger partial charge in [0.15, 0.2) is 6.29 Å². The van der Waals surface area contributed by atoms with Gasteiger partial charge in [0, 0.05) is 6.08 Å². The molecule has 7 nitrogen and oxygen atoms in total. The molecule has 0 aliphatic rings. The molecule has 1 aromatic rings. The Morgan fingerprint density at radius 2 is 2.17 bits per heavy atom. The third kappa shape index (κ3) is 2.91. The zero-order chi connectivity index (χ0) is 13.7. The number of methoxy groups -OCH3 is 1. The van der Waals surface area contributed by atoms with Crippen LogP contribution in [0.4, 0.5) is 5.69 Å². The quantitative estimate of drug-likeness (QED) is 0.368. The predicted octanol–water partition coefficient (Wildman–Crippen LogP) is 1.51. The predicted molar refractivity (Wildman–Crippen MR) is 61.7 cm³/mol. The third-order valence-corrected chi connectivity index (χ3v) is 2.12. The first-order valence-electron chi connectivity index (χ1n) is 4.72. The molecule has 0 radical (unpaired) electrons. The number of carboxylic acids is 1. The van der Waals surface area contributed by atoms with E-state index < -0.39 is 16.6 Å². The second-order valence-corrected chi connectivity index (χ2v) is 3.20. The van der Waals surface area contributed by atoms with Crippen LogP contribution in [0.15, 0.2) is 18.2 Å². The van der Waals surface area contributed by atoms with E-state index in [-0.39, 0.29) is 16.9 Å². The Balaban J connectivity index is 3.46. The van der Waals surface area contributed by atoms with Crippen LogP contribution >= 0.6 is 0 Å². The maximum atomic E-state index is 10.9. The summed E-state index contributed by atoms with van der Waals surface area (Å²) < 4.78 is 4.85. The Morgan fingerprint density at radius 1 is 1.50 bits per heavy atom. The van der Waals surface area contributed by atoms with E-state index in [4.69, 9.17) is 9.84 Å². The topological polar surface area (TPSA) is 107 Å². The van der Waals surface area contributed by atoms with Crippen molar-refractivity contribution in [2.45, 2.75) is 0 Å². The molecule has 0 unspecified atom stereocenters. The van der Waals surface area contributed by atoms with Gasteiger partial charge in [-0.15, -0.1) is 0 Å². The lowest BCUT2D eigenvalue weighted by molar-refractivity contribution is -0.385. The van der Waals surface area contributed by atoms with E-state index in [2.05, 4.69) is 0 Å². The molecule has 0 aliphatic heterocycles. The van der Waals surface area contributed by atoms with E-state index in [0.29, 0.717) is 6.29 Å². The number of aliphatic carboxylic acids is 1. The number of nitro benzene ring substituents is 1. The second-order valence-electron chi connectivity index (χ2n) is 3.20. The van der Waals surface area contributed by atoms with Gasteiger partial charge in [-0.1, -0.05) is 0 Å². The van der Waals surface area contributed by atoms with Crippen molar-refractivity contribution in [3.63, 3.8) is 0 Å². The summed E-state index contributed by atoms with van der Waals surface area (Å²) in [6, 6.07) is 2.44. The highest BCUT2D eigenvalue weighted by atomic mass is 16.6. The standard InChI is InChI=1S/C11H9NO6/c1-18-8-4-7(2-3-11(14)15)9(6-13)10(5-8)12(16)17/h2-6H,1H3,(H,14,15)/b3-2+. The van der Waals surface area contributed by atoms with Crippen molar-refractivity contribution in [1.82, 2.24) is 0 Å². The molecule has 0 heterocycles. The number of hydrogen-bond donors (Lipinski definition) is 1. The van der Waals surface area contributed by atoms with Crippen LogP contribution in [0.2, 0.25) is 0 Å². The summed E-state index contributed by atoms with van der Waals surface area (Å²) in [4.78, 5) is 31.3. The van der Waals surface area contributed by atoms with Crippen LogP contribution < -0.4 is 4.74 Å². The molecule has 1 N–H and O–H groups in total. The fourth-order valence-corrected chi connectivity index (χ4v) is 1.33. The molecule has 7 heteroatoms. The molecule has 0 saturated heterocycles. The van der Waals surface area contributed by atoms with Gasteiger partial charge >= 0.3 is 5.97 Å². The number of hydrogen-bond acceptors (Lipinski definition) is 5. The minimum Gasteiger partial charge on any atom is -0.496 e. The maximum Gasteiger partial charge on any atom is 0.328 e. The van der Waals surface area contributed by atoms with Gasteiger partial charge in [0.25, 0.3) is 5.69 Å². The average molecular weight is 251 g/mol. The first-order valence-corrected chi connectivity index (χ1v) is 4.72. The van der Waals surface area contributed by atoms with E-state index in [1.54, 1.807) is 0 Å². The van der Waals surface area contributed by atoms with Crippen LogP contribution in [0.1, 0.15) is 15.9 Å². The number of nitrogens with zero attached hydrogens (tertiary/aromatic N) is 1. The molecule has 18 heavy (non-hydrogen) atoms. The van der Waals surface area contributed by atoms with E-state index >= 15 is 0 Å². The zero-order valence-corrected chi connectivity index (χ0v) is 9.32. The second kappa shape index (κ2) is 5.58. The Labute approximate surface area is 101 Å². The van der Waals surface area contributed by atoms with Crippen LogP contribution in [-0.2, 0) is 4.79 Å². The summed E-state index contributed by atoms with van der Waals surface area (Å²) in [5.41, 5.74) is -0.522. The van der Waals surface area contributed by atoms with Crippen LogP contribution in [0.25, 0.3) is 6.08 Å². The summed E-state index contributed by atoms with van der Waals surface area (Å²) in [5.74, 6) is -1.06. The molecule has 0 atom stereocenters. The van der Waals surface area contributed by atoms with Crippen molar-refractivity contribution in [2.75, 3.05) is 7.11 Å². The van der Waals surface area contributed by atoms with Crippen molar-refractivity contribution in [1.29, 1.82) is 0 Å². The number of carbonyl (C=O) groups is 2. The first kappa shape index (κ1) is 13.4. The molecule has 0 aromatic heterocycles. The summed E-state index contributed by atoms with van der Waals surface area (Å²) in [5, 5.41) is 19.3. The molecule has 0 amide bonds. The highest BCUT2D eigenvalue weighted by Crippen LogP contribution is 2.28. The molecular formula is C11H9NO6. The average Bonchev–Trinajstić information content (AvgIpc) is 2.34. The molecule has 0 fully saturated rings. The van der Waals surface area contributed by atoms with Gasteiger partial charge in [0.2, 0.25) is 0 Å². The molecule has 94 valence electrons. The molecule has 1 rings (SSSR count). The third-order valence-electron chi connectivity index (χ3n) is 2.12. The number of carbonyl (C=O) groups excluding carboxylic acids is 1. The minimum atomic E-state index is -1.22. The first-order chi connectivity index (χ1) is 8.49. The van der Waals surface area contributed by atoms with E-state index in [1.165, 1.54) is 13.2 Å². The Kier molecular flexibility index (Phi) is 4.14. The number of carboxylic acid groups (broad SMARTS) is 1. The van der Waals surface area contributed by atoms with E-state index in [0.717, 1.165) is 18.2 Å². The van der Waals surface area contributed by atoms with Crippen molar-refractivity contribution in [2.24, 2.45) is 0 Å². The van der Waals surface area contributed by atoms with Crippen LogP contribution in [0.5, 0.6) is 5.75 Å². The summed E-state index contributed by atoms with van der Waals surface area (Å²) in [7, 11) is 1.31. The highest BCUT2D eigenvalue weighted by molar-refractivity contribution is 5.92. The molecular weight excluding hydrogens is 242 g/mol. The van der Waals surface area contributed by atoms with E-state index in [9.17, 15) is 19.7 Å². The van der Waals surface area contributed by atoms with Crippen LogP contribution in [0.3, 0.4) is 0 Å². The Hall–Kier alpha value is -2.70. The number of aldehydes is 1. The zero-order valence-electron chi connectivity index (χ0n) is 9.32. The Bertz CT molecular complexity index is 535. The molecule has 1 aromatic carbocycles. The SMILES string of the molecule is COc1cc(/C=C/C(=O)O)c(C=O)c([N+](=O)[O-])c1. The van der Waals surface area contributed by atoms with Crippen molar-refractivity contribution >= 4 is 24.0 Å². The highest BCUT2D eigenvalue weighted by Gasteiger charge is 2.18. The van der Waals surface area contributed by atoms with Crippen molar-refractivity contribution in [3.05, 3.63) is 39.4 Å². The normalized spacial score (nSPS) is 10.3. The molecule has 0 aliphatic carbocycles. The number of benzene rings is 1. The largest absolute Gasteiger partial charge is 0.496 e. The van der Waals surface area contributed by atoms with Crippen molar-refractivity contribution in [3.8, 4) is 5.75 Å². The van der Waals surface area contributed by atoms with Gasteiger partial charge in [0.1, 0.15) is 5.75 Å². The van der Waals surface area contributed by atoms with Gasteiger partial charge in [-0.25, -0.2) is 4.79 Å². The molecule has 0 bridgehead atoms. The van der Waals surface area contributed by atoms with Gasteiger partial charge in [-0.05, 0) is 17.7 Å². The summed E-state index contributed by atoms with van der Waals surface area (Å²) in [6.45, 7) is 0. The lowest BCUT2D eigenvalue weighted by Gasteiger charge is -2.05. The van der Waals surface area contributed by atoms with Gasteiger partial charge in [-0.3, -0.25) is 14.9 Å². The fraction of sp³-hybridized carbons (Fsp3) is 0.0909. The Morgan fingerprint density at radius 3 is 2.61 bits per heavy atom. The van der Waals surface area contributed by atoms with Crippen LogP contribution in [0, 0.1) is 10.1 Å². The smallest absolute Gasteiger partial charge is 0.328 e. The van der Waals surface area contributed by atoms with Gasteiger partial charge < -0.3 is 9.84 Å². The lowest BCUT2D eigenvalue weighted by Crippen LogP contribution is -1.99. The lowest BCUT2D eigenvalue weighted by atomic mass is 10.1. The van der Waals surface area contributed by atoms with E-state index in [1.807, 2.05) is 0 Å². The van der Waals surface area contributed by atoms with Crippen LogP contribution in [-0.4, -0.2) is 29.4 Å². The summed E-state index contributed by atoms with van der Waals surface area (Å²) >= 11 is 0. The molecule has 0 spiro atoms. The number of rotatable bonds is 5. The van der Waals surface area contributed by atoms with Crippen molar-refractivity contribution < 1.29 is 24.4 Å². The van der Waals surface area contributed by atoms with Gasteiger partial charge in [0.05, 0.1) is 23.7 Å². The molecule has 0 saturated carbocycles. The van der Waals surface area contributed by atoms with Gasteiger partial charge in [-0.2, -0.15) is 0 Å². The minimum absolute atomic E-state index is 0.110. The number of nitro groups is 1. The number of ether oxygens (including phenoxy) is 1. The fourth-order valence-electron chi connectivity index (χ4n) is 1.33. The maximum absolute atomic E-state index is 10.9. The summed E-state index contributed by atoms with van der Waals surface area (Å²) in [6.07, 6.45) is 2.19. The monoisotopic (exact) mass is 251 g/mol.